The van der Waals surface area contributed by atoms with Crippen molar-refractivity contribution in [2.75, 3.05) is 24.7 Å². The van der Waals surface area contributed by atoms with Crippen LogP contribution >= 0.6 is 11.8 Å². The van der Waals surface area contributed by atoms with Crippen LogP contribution in [0.5, 0.6) is 0 Å². The highest BCUT2D eigenvalue weighted by atomic mass is 32.2. The number of carbonyl (C=O) groups is 2. The zero-order valence-electron chi connectivity index (χ0n) is 15.9. The average Bonchev–Trinajstić information content (AvgIpc) is 3.43. The highest BCUT2D eigenvalue weighted by molar-refractivity contribution is 7.99. The minimum atomic E-state index is -0.202. The molecular weight excluding hydrogens is 362 g/mol. The van der Waals surface area contributed by atoms with Gasteiger partial charge >= 0.3 is 0 Å². The van der Waals surface area contributed by atoms with Gasteiger partial charge in [0.05, 0.1) is 12.3 Å². The molecule has 1 aromatic carbocycles. The van der Waals surface area contributed by atoms with Crippen LogP contribution in [0.4, 0.5) is 5.69 Å². The molecule has 3 rings (SSSR count). The van der Waals surface area contributed by atoms with Gasteiger partial charge in [0, 0.05) is 25.7 Å². The molecule has 2 amide bonds. The third-order valence-electron chi connectivity index (χ3n) is 4.61. The number of hydrogen-bond acceptors (Lipinski definition) is 5. The predicted octanol–water partition coefficient (Wildman–Crippen LogP) is 2.44. The molecule has 144 valence electrons. The molecule has 0 atom stereocenters. The first kappa shape index (κ1) is 19.4. The molecule has 1 saturated carbocycles. The molecule has 0 bridgehead atoms. The molecule has 1 aromatic heterocycles. The van der Waals surface area contributed by atoms with Gasteiger partial charge in [0.2, 0.25) is 11.8 Å². The zero-order chi connectivity index (χ0) is 19.4. The molecule has 7 nitrogen and oxygen atoms in total. The van der Waals surface area contributed by atoms with Gasteiger partial charge in [0.15, 0.2) is 5.16 Å². The lowest BCUT2D eigenvalue weighted by atomic mass is 10.1. The molecule has 1 fully saturated rings. The number of likely N-dealkylation sites (N-methyl/N-ethyl adjacent to an activating group) is 1. The number of para-hydroxylation sites is 1. The van der Waals surface area contributed by atoms with E-state index < -0.39 is 0 Å². The van der Waals surface area contributed by atoms with E-state index in [0.29, 0.717) is 5.92 Å². The number of thioether (sulfide) groups is 1. The summed E-state index contributed by atoms with van der Waals surface area (Å²) in [7, 11) is 3.57. The van der Waals surface area contributed by atoms with E-state index in [4.69, 9.17) is 0 Å². The van der Waals surface area contributed by atoms with Crippen molar-refractivity contribution >= 4 is 29.3 Å². The normalized spacial score (nSPS) is 13.4. The van der Waals surface area contributed by atoms with Crippen LogP contribution in [0.25, 0.3) is 0 Å². The standard InChI is InChI=1S/C19H25N5O2S/c1-4-13-7-5-6-8-15(13)20-16(25)11-23(2)17(26)12-27-19-22-21-18(24(19)3)14-9-10-14/h5-8,14H,4,9-12H2,1-3H3,(H,20,25). The Hall–Kier alpha value is -2.35. The van der Waals surface area contributed by atoms with Gasteiger partial charge in [-0.1, -0.05) is 36.9 Å². The summed E-state index contributed by atoms with van der Waals surface area (Å²) in [5, 5.41) is 12.0. The van der Waals surface area contributed by atoms with Crippen molar-refractivity contribution in [2.24, 2.45) is 7.05 Å². The van der Waals surface area contributed by atoms with Crippen molar-refractivity contribution in [3.8, 4) is 0 Å². The van der Waals surface area contributed by atoms with E-state index in [2.05, 4.69) is 15.5 Å². The molecule has 8 heteroatoms. The lowest BCUT2D eigenvalue weighted by Crippen LogP contribution is -2.36. The van der Waals surface area contributed by atoms with Gasteiger partial charge in [0.1, 0.15) is 5.82 Å². The van der Waals surface area contributed by atoms with E-state index in [9.17, 15) is 9.59 Å². The lowest BCUT2D eigenvalue weighted by molar-refractivity contribution is -0.131. The summed E-state index contributed by atoms with van der Waals surface area (Å²) >= 11 is 1.35. The molecule has 1 N–H and O–H groups in total. The molecule has 0 radical (unpaired) electrons. The van der Waals surface area contributed by atoms with Crippen molar-refractivity contribution in [3.63, 3.8) is 0 Å². The summed E-state index contributed by atoms with van der Waals surface area (Å²) in [5.74, 6) is 1.42. The maximum Gasteiger partial charge on any atom is 0.243 e. The minimum Gasteiger partial charge on any atom is -0.336 e. The Balaban J connectivity index is 1.49. The molecule has 0 saturated heterocycles. The fourth-order valence-electron chi connectivity index (χ4n) is 2.83. The SMILES string of the molecule is CCc1ccccc1NC(=O)CN(C)C(=O)CSc1nnc(C2CC2)n1C. The van der Waals surface area contributed by atoms with E-state index in [1.54, 1.807) is 7.05 Å². The molecule has 1 aliphatic carbocycles. The fourth-order valence-corrected chi connectivity index (χ4v) is 3.69. The number of rotatable bonds is 8. The number of hydrogen-bond donors (Lipinski definition) is 1. The Morgan fingerprint density at radius 3 is 2.74 bits per heavy atom. The Morgan fingerprint density at radius 1 is 1.30 bits per heavy atom. The predicted molar refractivity (Wildman–Crippen MR) is 106 cm³/mol. The van der Waals surface area contributed by atoms with Crippen molar-refractivity contribution in [2.45, 2.75) is 37.3 Å². The highest BCUT2D eigenvalue weighted by Gasteiger charge is 2.29. The number of nitrogens with zero attached hydrogens (tertiary/aromatic N) is 4. The van der Waals surface area contributed by atoms with Crippen molar-refractivity contribution in [1.29, 1.82) is 0 Å². The van der Waals surface area contributed by atoms with Crippen molar-refractivity contribution < 1.29 is 9.59 Å². The van der Waals surface area contributed by atoms with Crippen LogP contribution in [0.2, 0.25) is 0 Å². The second kappa shape index (κ2) is 8.56. The van der Waals surface area contributed by atoms with E-state index >= 15 is 0 Å². The Morgan fingerprint density at radius 2 is 2.04 bits per heavy atom. The maximum atomic E-state index is 12.4. The van der Waals surface area contributed by atoms with Crippen LogP contribution in [-0.2, 0) is 23.1 Å². The van der Waals surface area contributed by atoms with Crippen LogP contribution in [0.1, 0.15) is 37.1 Å². The first-order chi connectivity index (χ1) is 13.0. The van der Waals surface area contributed by atoms with Gasteiger partial charge in [-0.25, -0.2) is 0 Å². The van der Waals surface area contributed by atoms with Gasteiger partial charge in [-0.05, 0) is 30.9 Å². The van der Waals surface area contributed by atoms with Gasteiger partial charge in [-0.3, -0.25) is 9.59 Å². The molecule has 27 heavy (non-hydrogen) atoms. The van der Waals surface area contributed by atoms with E-state index in [0.717, 1.165) is 41.5 Å². The van der Waals surface area contributed by atoms with E-state index in [1.165, 1.54) is 16.7 Å². The number of anilines is 1. The molecule has 0 unspecified atom stereocenters. The quantitative estimate of drug-likeness (QED) is 0.704. The van der Waals surface area contributed by atoms with Crippen molar-refractivity contribution in [1.82, 2.24) is 19.7 Å². The third kappa shape index (κ3) is 4.88. The van der Waals surface area contributed by atoms with Crippen LogP contribution in [-0.4, -0.2) is 50.8 Å². The summed E-state index contributed by atoms with van der Waals surface area (Å²) in [5.41, 5.74) is 1.87. The first-order valence-corrected chi connectivity index (χ1v) is 10.1. The molecular formula is C19H25N5O2S. The summed E-state index contributed by atoms with van der Waals surface area (Å²) in [6.45, 7) is 2.06. The third-order valence-corrected chi connectivity index (χ3v) is 5.62. The van der Waals surface area contributed by atoms with Crippen LogP contribution in [0.3, 0.4) is 0 Å². The highest BCUT2D eigenvalue weighted by Crippen LogP contribution is 2.39. The summed E-state index contributed by atoms with van der Waals surface area (Å²) < 4.78 is 1.96. The topological polar surface area (TPSA) is 80.1 Å². The van der Waals surface area contributed by atoms with Gasteiger partial charge in [-0.2, -0.15) is 0 Å². The second-order valence-corrected chi connectivity index (χ2v) is 7.71. The van der Waals surface area contributed by atoms with Crippen LogP contribution < -0.4 is 5.32 Å². The monoisotopic (exact) mass is 387 g/mol. The van der Waals surface area contributed by atoms with Crippen LogP contribution in [0.15, 0.2) is 29.4 Å². The molecule has 0 spiro atoms. The number of nitrogens with one attached hydrogen (secondary N) is 1. The molecule has 1 aliphatic rings. The first-order valence-electron chi connectivity index (χ1n) is 9.13. The fraction of sp³-hybridized carbons (Fsp3) is 0.474. The van der Waals surface area contributed by atoms with Gasteiger partial charge in [-0.15, -0.1) is 10.2 Å². The van der Waals surface area contributed by atoms with Crippen LogP contribution in [0, 0.1) is 0 Å². The number of amides is 2. The Bertz CT molecular complexity index is 831. The number of aryl methyl sites for hydroxylation is 1. The number of aromatic nitrogens is 3. The average molecular weight is 388 g/mol. The van der Waals surface area contributed by atoms with Gasteiger partial charge < -0.3 is 14.8 Å². The van der Waals surface area contributed by atoms with Crippen molar-refractivity contribution in [3.05, 3.63) is 35.7 Å². The number of benzene rings is 1. The Labute approximate surface area is 163 Å². The smallest absolute Gasteiger partial charge is 0.243 e. The summed E-state index contributed by atoms with van der Waals surface area (Å²) in [4.78, 5) is 26.1. The summed E-state index contributed by atoms with van der Waals surface area (Å²) in [6, 6.07) is 7.69. The largest absolute Gasteiger partial charge is 0.336 e. The summed E-state index contributed by atoms with van der Waals surface area (Å²) in [6.07, 6.45) is 3.16. The van der Waals surface area contributed by atoms with Gasteiger partial charge in [0.25, 0.3) is 0 Å². The zero-order valence-corrected chi connectivity index (χ0v) is 16.8. The number of carbonyl (C=O) groups excluding carboxylic acids is 2. The molecule has 1 heterocycles. The minimum absolute atomic E-state index is 0.0174. The maximum absolute atomic E-state index is 12.4. The Kier molecular flexibility index (Phi) is 6.15. The molecule has 0 aliphatic heterocycles. The van der Waals surface area contributed by atoms with E-state index in [1.807, 2.05) is 42.8 Å². The second-order valence-electron chi connectivity index (χ2n) is 6.77. The van der Waals surface area contributed by atoms with E-state index in [-0.39, 0.29) is 24.1 Å². The lowest BCUT2D eigenvalue weighted by Gasteiger charge is -2.17. The molecule has 2 aromatic rings.